The average Bonchev–Trinajstić information content (AvgIpc) is 2.59. The van der Waals surface area contributed by atoms with Crippen molar-refractivity contribution < 1.29 is 0 Å². The molecule has 1 unspecified atom stereocenters. The van der Waals surface area contributed by atoms with E-state index in [0.29, 0.717) is 12.0 Å². The molecule has 0 saturated heterocycles. The molecule has 2 heteroatoms. The van der Waals surface area contributed by atoms with Gasteiger partial charge in [0.1, 0.15) is 0 Å². The van der Waals surface area contributed by atoms with Crippen LogP contribution in [0.15, 0.2) is 24.3 Å². The van der Waals surface area contributed by atoms with E-state index in [1.165, 1.54) is 24.0 Å². The first kappa shape index (κ1) is 8.73. The minimum atomic E-state index is 0.410. The Kier molecular flexibility index (Phi) is 2.34. The third-order valence-electron chi connectivity index (χ3n) is 3.05. The fraction of sp³-hybridized carbons (Fsp3) is 0.455. The highest BCUT2D eigenvalue weighted by Crippen LogP contribution is 2.28. The van der Waals surface area contributed by atoms with Crippen LogP contribution in [0.4, 0.5) is 0 Å². The summed E-state index contributed by atoms with van der Waals surface area (Å²) in [5.74, 6) is 6.11. The molecule has 0 spiro atoms. The van der Waals surface area contributed by atoms with E-state index in [4.69, 9.17) is 5.84 Å². The van der Waals surface area contributed by atoms with Crippen LogP contribution in [-0.4, -0.2) is 6.04 Å². The first-order valence-corrected chi connectivity index (χ1v) is 4.84. The fourth-order valence-corrected chi connectivity index (χ4v) is 2.08. The summed E-state index contributed by atoms with van der Waals surface area (Å²) in [6, 6.07) is 9.08. The van der Waals surface area contributed by atoms with Gasteiger partial charge in [0.15, 0.2) is 0 Å². The summed E-state index contributed by atoms with van der Waals surface area (Å²) in [7, 11) is 0. The molecule has 0 aromatic heterocycles. The Morgan fingerprint density at radius 2 is 1.85 bits per heavy atom. The molecule has 0 heterocycles. The molecule has 1 aromatic carbocycles. The van der Waals surface area contributed by atoms with Gasteiger partial charge in [-0.2, -0.15) is 0 Å². The average molecular weight is 176 g/mol. The van der Waals surface area contributed by atoms with E-state index in [0.717, 1.165) is 0 Å². The molecule has 0 saturated carbocycles. The van der Waals surface area contributed by atoms with E-state index in [9.17, 15) is 0 Å². The summed E-state index contributed by atoms with van der Waals surface area (Å²) in [4.78, 5) is 0. The fourth-order valence-electron chi connectivity index (χ4n) is 2.08. The highest BCUT2D eigenvalue weighted by Gasteiger charge is 2.24. The summed E-state index contributed by atoms with van der Waals surface area (Å²) in [5.41, 5.74) is 5.83. The Bertz CT molecular complexity index is 271. The Labute approximate surface area is 79.1 Å². The van der Waals surface area contributed by atoms with Crippen molar-refractivity contribution in [3.63, 3.8) is 0 Å². The van der Waals surface area contributed by atoms with Gasteiger partial charge in [0.2, 0.25) is 0 Å². The van der Waals surface area contributed by atoms with Gasteiger partial charge in [-0.05, 0) is 36.8 Å². The molecule has 0 amide bonds. The van der Waals surface area contributed by atoms with Crippen molar-refractivity contribution >= 4 is 0 Å². The van der Waals surface area contributed by atoms with Crippen LogP contribution in [0.2, 0.25) is 0 Å². The van der Waals surface area contributed by atoms with Gasteiger partial charge in [-0.1, -0.05) is 24.3 Å². The van der Waals surface area contributed by atoms with Gasteiger partial charge in [-0.25, -0.2) is 0 Å². The number of benzene rings is 1. The summed E-state index contributed by atoms with van der Waals surface area (Å²) in [6.45, 7) is 2.15. The number of rotatable bonds is 2. The zero-order valence-corrected chi connectivity index (χ0v) is 7.96. The SMILES string of the molecule is CC(NN)C1Cc2ccccc2C1. The van der Waals surface area contributed by atoms with E-state index in [1.54, 1.807) is 0 Å². The van der Waals surface area contributed by atoms with Crippen LogP contribution in [0.25, 0.3) is 0 Å². The third-order valence-corrected chi connectivity index (χ3v) is 3.05. The van der Waals surface area contributed by atoms with Crippen LogP contribution >= 0.6 is 0 Å². The van der Waals surface area contributed by atoms with E-state index in [1.807, 2.05) is 0 Å². The van der Waals surface area contributed by atoms with Gasteiger partial charge in [-0.3, -0.25) is 11.3 Å². The number of hydrogen-bond acceptors (Lipinski definition) is 2. The molecule has 1 atom stereocenters. The Morgan fingerprint density at radius 3 is 2.31 bits per heavy atom. The first-order valence-electron chi connectivity index (χ1n) is 4.84. The maximum absolute atomic E-state index is 5.44. The summed E-state index contributed by atoms with van der Waals surface area (Å²) in [5, 5.41) is 0. The number of fused-ring (bicyclic) bond motifs is 1. The molecule has 3 N–H and O–H groups in total. The maximum Gasteiger partial charge on any atom is 0.0216 e. The van der Waals surface area contributed by atoms with E-state index in [-0.39, 0.29) is 0 Å². The predicted octanol–water partition coefficient (Wildman–Crippen LogP) is 1.25. The second-order valence-corrected chi connectivity index (χ2v) is 3.89. The molecule has 0 radical (unpaired) electrons. The maximum atomic E-state index is 5.44. The van der Waals surface area contributed by atoms with E-state index < -0.39 is 0 Å². The van der Waals surface area contributed by atoms with Crippen LogP contribution in [0.1, 0.15) is 18.1 Å². The highest BCUT2D eigenvalue weighted by molar-refractivity contribution is 5.32. The summed E-state index contributed by atoms with van der Waals surface area (Å²) >= 11 is 0. The largest absolute Gasteiger partial charge is 0.271 e. The summed E-state index contributed by atoms with van der Waals surface area (Å²) < 4.78 is 0. The Hall–Kier alpha value is -0.860. The van der Waals surface area contributed by atoms with Crippen molar-refractivity contribution in [2.45, 2.75) is 25.8 Å². The van der Waals surface area contributed by atoms with Gasteiger partial charge >= 0.3 is 0 Å². The van der Waals surface area contributed by atoms with Crippen molar-refractivity contribution in [1.29, 1.82) is 0 Å². The quantitative estimate of drug-likeness (QED) is 0.526. The number of nitrogens with one attached hydrogen (secondary N) is 1. The molecule has 1 aliphatic rings. The molecule has 1 aromatic rings. The second kappa shape index (κ2) is 3.48. The standard InChI is InChI=1S/C11H16N2/c1-8(13-12)11-6-9-4-2-3-5-10(9)7-11/h2-5,8,11,13H,6-7,12H2,1H3. The van der Waals surface area contributed by atoms with Crippen molar-refractivity contribution in [3.8, 4) is 0 Å². The van der Waals surface area contributed by atoms with Crippen molar-refractivity contribution in [3.05, 3.63) is 35.4 Å². The number of hydrazine groups is 1. The van der Waals surface area contributed by atoms with Crippen LogP contribution in [0, 0.1) is 5.92 Å². The molecular formula is C11H16N2. The minimum Gasteiger partial charge on any atom is -0.271 e. The van der Waals surface area contributed by atoms with Gasteiger partial charge in [0.05, 0.1) is 0 Å². The lowest BCUT2D eigenvalue weighted by Gasteiger charge is -2.16. The van der Waals surface area contributed by atoms with Crippen molar-refractivity contribution in [2.24, 2.45) is 11.8 Å². The summed E-state index contributed by atoms with van der Waals surface area (Å²) in [6.07, 6.45) is 2.34. The van der Waals surface area contributed by atoms with Crippen molar-refractivity contribution in [2.75, 3.05) is 0 Å². The third kappa shape index (κ3) is 1.60. The molecule has 0 fully saturated rings. The first-order chi connectivity index (χ1) is 6.31. The van der Waals surface area contributed by atoms with Crippen LogP contribution in [-0.2, 0) is 12.8 Å². The highest BCUT2D eigenvalue weighted by atomic mass is 15.2. The molecule has 1 aliphatic carbocycles. The normalized spacial score (nSPS) is 18.6. The molecular weight excluding hydrogens is 160 g/mol. The van der Waals surface area contributed by atoms with Gasteiger partial charge < -0.3 is 0 Å². The van der Waals surface area contributed by atoms with Gasteiger partial charge in [0.25, 0.3) is 0 Å². The molecule has 0 bridgehead atoms. The van der Waals surface area contributed by atoms with Crippen LogP contribution in [0.3, 0.4) is 0 Å². The Balaban J connectivity index is 2.14. The molecule has 70 valence electrons. The van der Waals surface area contributed by atoms with Crippen LogP contribution < -0.4 is 11.3 Å². The van der Waals surface area contributed by atoms with Gasteiger partial charge in [0, 0.05) is 6.04 Å². The monoisotopic (exact) mass is 176 g/mol. The molecule has 13 heavy (non-hydrogen) atoms. The molecule has 2 rings (SSSR count). The lowest BCUT2D eigenvalue weighted by molar-refractivity contribution is 0.394. The van der Waals surface area contributed by atoms with E-state index in [2.05, 4.69) is 36.6 Å². The smallest absolute Gasteiger partial charge is 0.0216 e. The zero-order chi connectivity index (χ0) is 9.26. The molecule has 2 nitrogen and oxygen atoms in total. The van der Waals surface area contributed by atoms with Crippen LogP contribution in [0.5, 0.6) is 0 Å². The number of nitrogens with two attached hydrogens (primary N) is 1. The second-order valence-electron chi connectivity index (χ2n) is 3.89. The number of hydrogen-bond donors (Lipinski definition) is 2. The minimum absolute atomic E-state index is 0.410. The lowest BCUT2D eigenvalue weighted by Crippen LogP contribution is -2.38. The van der Waals surface area contributed by atoms with Gasteiger partial charge in [-0.15, -0.1) is 0 Å². The molecule has 0 aliphatic heterocycles. The predicted molar refractivity (Wildman–Crippen MR) is 54.1 cm³/mol. The Morgan fingerprint density at radius 1 is 1.31 bits per heavy atom. The zero-order valence-electron chi connectivity index (χ0n) is 7.96. The topological polar surface area (TPSA) is 38.0 Å². The van der Waals surface area contributed by atoms with Crippen molar-refractivity contribution in [1.82, 2.24) is 5.43 Å². The van der Waals surface area contributed by atoms with E-state index >= 15 is 0 Å². The lowest BCUT2D eigenvalue weighted by atomic mass is 9.99.